The number of rotatable bonds is 6. The number of nitrogens with zero attached hydrogens (tertiary/aromatic N) is 2. The van der Waals surface area contributed by atoms with E-state index in [1.54, 1.807) is 0 Å². The van der Waals surface area contributed by atoms with E-state index < -0.39 is 0 Å². The Morgan fingerprint density at radius 3 is 2.35 bits per heavy atom. The summed E-state index contributed by atoms with van der Waals surface area (Å²) >= 11 is 0. The third-order valence-corrected chi connectivity index (χ3v) is 3.98. The smallest absolute Gasteiger partial charge is 0.0370 e. The molecule has 112 valence electrons. The number of nitrogens with one attached hydrogen (secondary N) is 1. The fraction of sp³-hybridized carbons (Fsp3) is 0.647. The van der Waals surface area contributed by atoms with Gasteiger partial charge in [0.25, 0.3) is 0 Å². The molecule has 1 saturated heterocycles. The standard InChI is InChI=1S/C17H29N3/c1-15(2)14-20-12-10-19(11-13-20)9-8-18-17-7-5-4-6-16(17)3/h4-7,15,18H,8-14H2,1-3H3. The molecule has 0 unspecified atom stereocenters. The number of benzene rings is 1. The summed E-state index contributed by atoms with van der Waals surface area (Å²) in [5.74, 6) is 0.782. The molecule has 20 heavy (non-hydrogen) atoms. The Hall–Kier alpha value is -1.06. The molecule has 0 atom stereocenters. The highest BCUT2D eigenvalue weighted by Gasteiger charge is 2.16. The molecule has 1 N–H and O–H groups in total. The van der Waals surface area contributed by atoms with Crippen LogP contribution in [0.25, 0.3) is 0 Å². The van der Waals surface area contributed by atoms with Crippen molar-refractivity contribution in [2.45, 2.75) is 20.8 Å². The van der Waals surface area contributed by atoms with Gasteiger partial charge in [-0.15, -0.1) is 0 Å². The van der Waals surface area contributed by atoms with Crippen molar-refractivity contribution >= 4 is 5.69 Å². The highest BCUT2D eigenvalue weighted by molar-refractivity contribution is 5.50. The number of piperazine rings is 1. The first kappa shape index (κ1) is 15.3. The second-order valence-corrected chi connectivity index (χ2v) is 6.28. The molecule has 1 fully saturated rings. The molecule has 1 heterocycles. The molecule has 1 aromatic rings. The quantitative estimate of drug-likeness (QED) is 0.861. The predicted molar refractivity (Wildman–Crippen MR) is 87.4 cm³/mol. The minimum absolute atomic E-state index is 0.782. The lowest BCUT2D eigenvalue weighted by molar-refractivity contribution is 0.125. The van der Waals surface area contributed by atoms with Crippen LogP contribution in [-0.2, 0) is 0 Å². The minimum atomic E-state index is 0.782. The van der Waals surface area contributed by atoms with Crippen LogP contribution < -0.4 is 5.32 Å². The van der Waals surface area contributed by atoms with E-state index in [0.717, 1.165) is 19.0 Å². The molecular formula is C17H29N3. The summed E-state index contributed by atoms with van der Waals surface area (Å²) in [6.07, 6.45) is 0. The van der Waals surface area contributed by atoms with Crippen LogP contribution in [-0.4, -0.2) is 55.6 Å². The van der Waals surface area contributed by atoms with Crippen molar-refractivity contribution in [3.63, 3.8) is 0 Å². The fourth-order valence-corrected chi connectivity index (χ4v) is 2.83. The Kier molecular flexibility index (Phi) is 5.86. The molecule has 0 aromatic heterocycles. The summed E-state index contributed by atoms with van der Waals surface area (Å²) in [6.45, 7) is 15.1. The van der Waals surface area contributed by atoms with E-state index in [9.17, 15) is 0 Å². The summed E-state index contributed by atoms with van der Waals surface area (Å²) in [5.41, 5.74) is 2.60. The second-order valence-electron chi connectivity index (χ2n) is 6.28. The van der Waals surface area contributed by atoms with Gasteiger partial charge in [0.2, 0.25) is 0 Å². The largest absolute Gasteiger partial charge is 0.384 e. The van der Waals surface area contributed by atoms with Gasteiger partial charge in [-0.2, -0.15) is 0 Å². The molecule has 3 nitrogen and oxygen atoms in total. The first-order valence-corrected chi connectivity index (χ1v) is 7.89. The molecule has 1 aliphatic heterocycles. The van der Waals surface area contributed by atoms with Crippen LogP contribution in [0.5, 0.6) is 0 Å². The predicted octanol–water partition coefficient (Wildman–Crippen LogP) is 2.68. The lowest BCUT2D eigenvalue weighted by Gasteiger charge is -2.35. The summed E-state index contributed by atoms with van der Waals surface area (Å²) in [7, 11) is 0. The van der Waals surface area contributed by atoms with Crippen LogP contribution in [0.2, 0.25) is 0 Å². The van der Waals surface area contributed by atoms with Gasteiger partial charge in [0.05, 0.1) is 0 Å². The molecule has 0 amide bonds. The third kappa shape index (κ3) is 4.80. The first-order chi connectivity index (χ1) is 9.65. The summed E-state index contributed by atoms with van der Waals surface area (Å²) in [5, 5.41) is 3.55. The van der Waals surface area contributed by atoms with Gasteiger partial charge in [0.15, 0.2) is 0 Å². The minimum Gasteiger partial charge on any atom is -0.384 e. The number of para-hydroxylation sites is 1. The highest BCUT2D eigenvalue weighted by atomic mass is 15.3. The van der Waals surface area contributed by atoms with Crippen LogP contribution in [0.1, 0.15) is 19.4 Å². The van der Waals surface area contributed by atoms with E-state index in [-0.39, 0.29) is 0 Å². The molecule has 3 heteroatoms. The van der Waals surface area contributed by atoms with Crippen molar-refractivity contribution in [2.24, 2.45) is 5.92 Å². The van der Waals surface area contributed by atoms with E-state index in [0.29, 0.717) is 0 Å². The number of aryl methyl sites for hydroxylation is 1. The molecular weight excluding hydrogens is 246 g/mol. The van der Waals surface area contributed by atoms with Crippen molar-refractivity contribution < 1.29 is 0 Å². The first-order valence-electron chi connectivity index (χ1n) is 7.89. The Morgan fingerprint density at radius 2 is 1.70 bits per heavy atom. The Labute approximate surface area is 124 Å². The Bertz CT molecular complexity index is 395. The van der Waals surface area contributed by atoms with Crippen LogP contribution in [0.4, 0.5) is 5.69 Å². The molecule has 0 spiro atoms. The van der Waals surface area contributed by atoms with Crippen molar-refractivity contribution in [2.75, 3.05) is 51.1 Å². The van der Waals surface area contributed by atoms with Crippen molar-refractivity contribution in [1.82, 2.24) is 9.80 Å². The summed E-state index contributed by atoms with van der Waals surface area (Å²) in [6, 6.07) is 8.51. The van der Waals surface area contributed by atoms with Gasteiger partial charge in [0.1, 0.15) is 0 Å². The molecule has 0 aliphatic carbocycles. The third-order valence-electron chi connectivity index (χ3n) is 3.98. The maximum absolute atomic E-state index is 3.55. The second kappa shape index (κ2) is 7.65. The van der Waals surface area contributed by atoms with Crippen LogP contribution in [0.3, 0.4) is 0 Å². The normalized spacial score (nSPS) is 17.6. The molecule has 0 bridgehead atoms. The van der Waals surface area contributed by atoms with E-state index in [4.69, 9.17) is 0 Å². The number of hydrogen-bond donors (Lipinski definition) is 1. The average Bonchev–Trinajstić information content (AvgIpc) is 2.42. The monoisotopic (exact) mass is 275 g/mol. The van der Waals surface area contributed by atoms with Gasteiger partial charge in [-0.1, -0.05) is 32.0 Å². The van der Waals surface area contributed by atoms with Crippen LogP contribution in [0, 0.1) is 12.8 Å². The maximum Gasteiger partial charge on any atom is 0.0370 e. The van der Waals surface area contributed by atoms with Crippen LogP contribution >= 0.6 is 0 Å². The average molecular weight is 275 g/mol. The maximum atomic E-state index is 3.55. The topological polar surface area (TPSA) is 18.5 Å². The lowest BCUT2D eigenvalue weighted by Crippen LogP contribution is -2.48. The van der Waals surface area contributed by atoms with Gasteiger partial charge in [-0.05, 0) is 24.5 Å². The van der Waals surface area contributed by atoms with Crippen molar-refractivity contribution in [1.29, 1.82) is 0 Å². The number of anilines is 1. The fourth-order valence-electron chi connectivity index (χ4n) is 2.83. The zero-order valence-corrected chi connectivity index (χ0v) is 13.2. The summed E-state index contributed by atoms with van der Waals surface area (Å²) < 4.78 is 0. The molecule has 1 aromatic carbocycles. The van der Waals surface area contributed by atoms with Gasteiger partial charge >= 0.3 is 0 Å². The van der Waals surface area contributed by atoms with Gasteiger partial charge in [-0.25, -0.2) is 0 Å². The van der Waals surface area contributed by atoms with Crippen molar-refractivity contribution in [3.05, 3.63) is 29.8 Å². The molecule has 0 radical (unpaired) electrons. The lowest BCUT2D eigenvalue weighted by atomic mass is 10.2. The Balaban J connectivity index is 1.65. The van der Waals surface area contributed by atoms with E-state index in [1.807, 2.05) is 0 Å². The van der Waals surface area contributed by atoms with Gasteiger partial charge in [-0.3, -0.25) is 4.90 Å². The summed E-state index contributed by atoms with van der Waals surface area (Å²) in [4.78, 5) is 5.16. The van der Waals surface area contributed by atoms with E-state index in [2.05, 4.69) is 60.2 Å². The molecule has 2 rings (SSSR count). The van der Waals surface area contributed by atoms with Crippen molar-refractivity contribution in [3.8, 4) is 0 Å². The zero-order valence-electron chi connectivity index (χ0n) is 13.2. The molecule has 0 saturated carbocycles. The van der Waals surface area contributed by atoms with Gasteiger partial charge < -0.3 is 10.2 Å². The Morgan fingerprint density at radius 1 is 1.05 bits per heavy atom. The SMILES string of the molecule is Cc1ccccc1NCCN1CCN(CC(C)C)CC1. The van der Waals surface area contributed by atoms with E-state index >= 15 is 0 Å². The molecule has 1 aliphatic rings. The highest BCUT2D eigenvalue weighted by Crippen LogP contribution is 2.12. The van der Waals surface area contributed by atoms with Crippen LogP contribution in [0.15, 0.2) is 24.3 Å². The van der Waals surface area contributed by atoms with E-state index in [1.165, 1.54) is 44.0 Å². The van der Waals surface area contributed by atoms with Gasteiger partial charge in [0, 0.05) is 51.5 Å². The zero-order chi connectivity index (χ0) is 14.4. The number of hydrogen-bond acceptors (Lipinski definition) is 3.